The summed E-state index contributed by atoms with van der Waals surface area (Å²) in [4.78, 5) is 13.9. The number of esters is 1. The van der Waals surface area contributed by atoms with Crippen LogP contribution in [0.15, 0.2) is 6.33 Å². The second kappa shape index (κ2) is 3.11. The first kappa shape index (κ1) is 7.67. The van der Waals surface area contributed by atoms with Crippen LogP contribution in [0.3, 0.4) is 0 Å². The summed E-state index contributed by atoms with van der Waals surface area (Å²) in [5.41, 5.74) is 0. The molecule has 1 rings (SSSR count). The Bertz CT molecular complexity index is 257. The van der Waals surface area contributed by atoms with Crippen LogP contribution in [0, 0.1) is 0 Å². The molecule has 60 valence electrons. The molecule has 0 aromatic carbocycles. The van der Waals surface area contributed by atoms with Crippen molar-refractivity contribution in [3.63, 3.8) is 0 Å². The van der Waals surface area contributed by atoms with Crippen LogP contribution in [-0.4, -0.2) is 25.8 Å². The number of nitrogens with zero attached hydrogens (tertiary/aromatic N) is 3. The smallest absolute Gasteiger partial charge is 0.343 e. The lowest BCUT2D eigenvalue weighted by molar-refractivity contribution is -0.132. The van der Waals surface area contributed by atoms with Gasteiger partial charge in [-0.1, -0.05) is 0 Å². The van der Waals surface area contributed by atoms with E-state index in [1.54, 1.807) is 0 Å². The Kier molecular flexibility index (Phi) is 2.17. The highest BCUT2D eigenvalue weighted by molar-refractivity contribution is 5.68. The summed E-state index contributed by atoms with van der Waals surface area (Å²) in [7, 11) is 0. The summed E-state index contributed by atoms with van der Waals surface area (Å²) in [6.45, 7) is 0.966. The van der Waals surface area contributed by atoms with Gasteiger partial charge in [-0.2, -0.15) is 4.98 Å². The number of hydrogen-bond acceptors (Lipinski definition) is 5. The molecule has 1 aromatic rings. The highest BCUT2D eigenvalue weighted by atomic mass is 16.5. The van der Waals surface area contributed by atoms with Crippen molar-refractivity contribution in [2.75, 3.05) is 0 Å². The predicted octanol–water partition coefficient (Wildman–Crippen LogP) is -0.847. The molecule has 6 heteroatoms. The molecule has 0 aliphatic carbocycles. The van der Waals surface area contributed by atoms with Gasteiger partial charge in [-0.05, 0) is 0 Å². The molecule has 0 amide bonds. The van der Waals surface area contributed by atoms with Crippen molar-refractivity contribution in [2.45, 2.75) is 13.7 Å². The van der Waals surface area contributed by atoms with Gasteiger partial charge in [0.1, 0.15) is 13.1 Å². The van der Waals surface area contributed by atoms with Gasteiger partial charge >= 0.3 is 12.0 Å². The summed E-state index contributed by atoms with van der Waals surface area (Å²) >= 11 is 0. The van der Waals surface area contributed by atoms with Crippen molar-refractivity contribution in [1.29, 1.82) is 0 Å². The van der Waals surface area contributed by atoms with Crippen molar-refractivity contribution in [2.24, 2.45) is 0 Å². The highest BCUT2D eigenvalue weighted by Gasteiger charge is 2.02. The first-order valence-corrected chi connectivity index (χ1v) is 2.91. The second-order valence-electron chi connectivity index (χ2n) is 1.80. The fraction of sp³-hybridized carbons (Fsp3) is 0.400. The standard InChI is InChI=1S/C5H7N3O3/c1-4(10)11-5-6-2-8(3-9)7-5/h2,9H,3H2,1H3. The Morgan fingerprint density at radius 1 is 1.91 bits per heavy atom. The predicted molar refractivity (Wildman–Crippen MR) is 33.5 cm³/mol. The molecule has 1 aromatic heterocycles. The Balaban J connectivity index is 2.65. The Morgan fingerprint density at radius 2 is 2.64 bits per heavy atom. The quantitative estimate of drug-likeness (QED) is 0.566. The van der Waals surface area contributed by atoms with Gasteiger partial charge in [-0.3, -0.25) is 4.79 Å². The van der Waals surface area contributed by atoms with Gasteiger partial charge in [0.25, 0.3) is 0 Å². The van der Waals surface area contributed by atoms with E-state index in [2.05, 4.69) is 14.8 Å². The summed E-state index contributed by atoms with van der Waals surface area (Å²) in [5, 5.41) is 12.1. The molecule has 6 nitrogen and oxygen atoms in total. The van der Waals surface area contributed by atoms with E-state index >= 15 is 0 Å². The van der Waals surface area contributed by atoms with E-state index in [1.807, 2.05) is 0 Å². The third-order valence-corrected chi connectivity index (χ3v) is 0.895. The minimum absolute atomic E-state index is 0.0495. The number of aliphatic hydroxyl groups is 1. The molecule has 0 bridgehead atoms. The fourth-order valence-corrected chi connectivity index (χ4v) is 0.521. The van der Waals surface area contributed by atoms with Crippen molar-refractivity contribution >= 4 is 5.97 Å². The molecule has 0 saturated carbocycles. The molecule has 0 fully saturated rings. The van der Waals surface area contributed by atoms with Gasteiger partial charge in [0.2, 0.25) is 0 Å². The molecule has 1 N–H and O–H groups in total. The van der Waals surface area contributed by atoms with Crippen LogP contribution in [0.5, 0.6) is 6.01 Å². The van der Waals surface area contributed by atoms with Crippen LogP contribution in [0.4, 0.5) is 0 Å². The molecule has 0 unspecified atom stereocenters. The van der Waals surface area contributed by atoms with Gasteiger partial charge in [0.05, 0.1) is 0 Å². The molecule has 0 aliphatic heterocycles. The summed E-state index contributed by atoms with van der Waals surface area (Å²) in [6.07, 6.45) is 1.26. The van der Waals surface area contributed by atoms with Gasteiger partial charge < -0.3 is 9.84 Å². The highest BCUT2D eigenvalue weighted by Crippen LogP contribution is 1.98. The number of aliphatic hydroxyl groups excluding tert-OH is 1. The zero-order valence-electron chi connectivity index (χ0n) is 5.89. The third-order valence-electron chi connectivity index (χ3n) is 0.895. The maximum atomic E-state index is 10.3. The number of carbonyl (C=O) groups is 1. The summed E-state index contributed by atoms with van der Waals surface area (Å²) in [5.74, 6) is -0.485. The molecular formula is C5H7N3O3. The van der Waals surface area contributed by atoms with Crippen molar-refractivity contribution in [1.82, 2.24) is 14.8 Å². The molecule has 0 atom stereocenters. The van der Waals surface area contributed by atoms with Crippen molar-refractivity contribution in [3.8, 4) is 6.01 Å². The average Bonchev–Trinajstić information content (AvgIpc) is 2.34. The number of rotatable bonds is 2. The van der Waals surface area contributed by atoms with E-state index in [1.165, 1.54) is 13.3 Å². The van der Waals surface area contributed by atoms with Crippen LogP contribution in [0.2, 0.25) is 0 Å². The monoisotopic (exact) mass is 157 g/mol. The van der Waals surface area contributed by atoms with Crippen LogP contribution in [0.1, 0.15) is 6.92 Å². The molecule has 0 aliphatic rings. The van der Waals surface area contributed by atoms with E-state index in [0.29, 0.717) is 0 Å². The van der Waals surface area contributed by atoms with Crippen LogP contribution < -0.4 is 4.74 Å². The Hall–Kier alpha value is -1.43. The third kappa shape index (κ3) is 2.01. The molecule has 11 heavy (non-hydrogen) atoms. The number of carbonyl (C=O) groups excluding carboxylic acids is 1. The van der Waals surface area contributed by atoms with E-state index < -0.39 is 5.97 Å². The molecule has 0 saturated heterocycles. The fourth-order valence-electron chi connectivity index (χ4n) is 0.521. The molecule has 1 heterocycles. The lowest BCUT2D eigenvalue weighted by Crippen LogP contribution is -2.04. The van der Waals surface area contributed by atoms with E-state index in [-0.39, 0.29) is 12.7 Å². The second-order valence-corrected chi connectivity index (χ2v) is 1.80. The lowest BCUT2D eigenvalue weighted by Gasteiger charge is -1.91. The zero-order valence-corrected chi connectivity index (χ0v) is 5.89. The van der Waals surface area contributed by atoms with Crippen LogP contribution >= 0.6 is 0 Å². The number of hydrogen-bond donors (Lipinski definition) is 1. The van der Waals surface area contributed by atoms with Gasteiger partial charge in [-0.15, -0.1) is 5.10 Å². The number of ether oxygens (including phenoxy) is 1. The van der Waals surface area contributed by atoms with Crippen LogP contribution in [-0.2, 0) is 11.5 Å². The largest absolute Gasteiger partial charge is 0.390 e. The molecular weight excluding hydrogens is 150 g/mol. The van der Waals surface area contributed by atoms with Crippen LogP contribution in [0.25, 0.3) is 0 Å². The van der Waals surface area contributed by atoms with Crippen molar-refractivity contribution in [3.05, 3.63) is 6.33 Å². The molecule has 0 spiro atoms. The van der Waals surface area contributed by atoms with Gasteiger partial charge in [0, 0.05) is 6.92 Å². The maximum absolute atomic E-state index is 10.3. The van der Waals surface area contributed by atoms with Gasteiger partial charge in [-0.25, -0.2) is 4.68 Å². The normalized spacial score (nSPS) is 9.64. The topological polar surface area (TPSA) is 77.2 Å². The Morgan fingerprint density at radius 3 is 3.09 bits per heavy atom. The zero-order chi connectivity index (χ0) is 8.27. The van der Waals surface area contributed by atoms with E-state index in [9.17, 15) is 4.79 Å². The maximum Gasteiger partial charge on any atom is 0.343 e. The van der Waals surface area contributed by atoms with Crippen molar-refractivity contribution < 1.29 is 14.6 Å². The van der Waals surface area contributed by atoms with E-state index in [4.69, 9.17) is 5.11 Å². The average molecular weight is 157 g/mol. The Labute approximate surface area is 62.4 Å². The number of aromatic nitrogens is 3. The summed E-state index contributed by atoms with van der Waals surface area (Å²) in [6, 6.07) is -0.0495. The minimum Gasteiger partial charge on any atom is -0.390 e. The minimum atomic E-state index is -0.485. The van der Waals surface area contributed by atoms with E-state index in [0.717, 1.165) is 4.68 Å². The first-order chi connectivity index (χ1) is 5.22. The lowest BCUT2D eigenvalue weighted by atomic mass is 10.8. The first-order valence-electron chi connectivity index (χ1n) is 2.91. The molecule has 0 radical (unpaired) electrons. The summed E-state index contributed by atoms with van der Waals surface area (Å²) < 4.78 is 5.64. The van der Waals surface area contributed by atoms with Gasteiger partial charge in [0.15, 0.2) is 0 Å². The SMILES string of the molecule is CC(=O)Oc1ncn(CO)n1.